The molecule has 0 aliphatic heterocycles. The first-order valence-corrected chi connectivity index (χ1v) is 10.2. The highest BCUT2D eigenvalue weighted by Gasteiger charge is 2.31. The molecular weight excluding hydrogens is 445 g/mol. The van der Waals surface area contributed by atoms with Crippen LogP contribution < -0.4 is 10.1 Å². The third kappa shape index (κ3) is 4.64. The van der Waals surface area contributed by atoms with Crippen molar-refractivity contribution >= 4 is 29.0 Å². The first kappa shape index (κ1) is 21.6. The molecule has 0 unspecified atom stereocenters. The SMILES string of the molecule is COc1ccc(C(F)(F)F)cc1NC(=O)CSc1ccc2nnc(-c3ccccn3)n2n1. The van der Waals surface area contributed by atoms with Gasteiger partial charge in [-0.2, -0.15) is 22.8 Å². The molecule has 0 atom stereocenters. The maximum Gasteiger partial charge on any atom is 0.416 e. The number of halogens is 3. The predicted octanol–water partition coefficient (Wildman–Crippen LogP) is 3.94. The smallest absolute Gasteiger partial charge is 0.416 e. The minimum Gasteiger partial charge on any atom is -0.495 e. The van der Waals surface area contributed by atoms with Crippen molar-refractivity contribution in [3.63, 3.8) is 0 Å². The zero-order valence-electron chi connectivity index (χ0n) is 16.5. The van der Waals surface area contributed by atoms with E-state index in [9.17, 15) is 18.0 Å². The van der Waals surface area contributed by atoms with Crippen LogP contribution in [0.5, 0.6) is 5.75 Å². The molecule has 1 aromatic carbocycles. The Hall–Kier alpha value is -3.67. The maximum atomic E-state index is 13.0. The van der Waals surface area contributed by atoms with Gasteiger partial charge in [0.1, 0.15) is 16.5 Å². The number of anilines is 1. The minimum absolute atomic E-state index is 0.0624. The number of hydrogen-bond acceptors (Lipinski definition) is 7. The number of alkyl halides is 3. The Kier molecular flexibility index (Phi) is 5.95. The number of nitrogens with one attached hydrogen (secondary N) is 1. The van der Waals surface area contributed by atoms with Crippen molar-refractivity contribution < 1.29 is 22.7 Å². The van der Waals surface area contributed by atoms with Gasteiger partial charge in [0.15, 0.2) is 5.65 Å². The van der Waals surface area contributed by atoms with Crippen molar-refractivity contribution in [3.8, 4) is 17.3 Å². The maximum absolute atomic E-state index is 13.0. The second-order valence-electron chi connectivity index (χ2n) is 6.43. The molecular formula is C20H15F3N6O2S. The van der Waals surface area contributed by atoms with Gasteiger partial charge in [-0.3, -0.25) is 9.78 Å². The highest BCUT2D eigenvalue weighted by molar-refractivity contribution is 7.99. The van der Waals surface area contributed by atoms with Gasteiger partial charge < -0.3 is 10.1 Å². The lowest BCUT2D eigenvalue weighted by atomic mass is 10.2. The van der Waals surface area contributed by atoms with Crippen LogP contribution in [-0.4, -0.2) is 43.6 Å². The number of benzene rings is 1. The molecule has 164 valence electrons. The number of rotatable bonds is 6. The summed E-state index contributed by atoms with van der Waals surface area (Å²) in [5.41, 5.74) is 0.146. The number of fused-ring (bicyclic) bond motifs is 1. The van der Waals surface area contributed by atoms with Gasteiger partial charge >= 0.3 is 6.18 Å². The summed E-state index contributed by atoms with van der Waals surface area (Å²) in [4.78, 5) is 16.6. The molecule has 4 aromatic rings. The minimum atomic E-state index is -4.54. The molecule has 0 spiro atoms. The first-order valence-electron chi connectivity index (χ1n) is 9.17. The Balaban J connectivity index is 1.49. The Bertz CT molecular complexity index is 1260. The summed E-state index contributed by atoms with van der Waals surface area (Å²) < 4.78 is 45.5. The van der Waals surface area contributed by atoms with Gasteiger partial charge in [0.05, 0.1) is 24.1 Å². The Morgan fingerprint density at radius 2 is 2.00 bits per heavy atom. The molecule has 0 bridgehead atoms. The molecule has 4 rings (SSSR count). The highest BCUT2D eigenvalue weighted by atomic mass is 32.2. The molecule has 0 aliphatic carbocycles. The Morgan fingerprint density at radius 1 is 1.16 bits per heavy atom. The van der Waals surface area contributed by atoms with Crippen LogP contribution in [0, 0.1) is 0 Å². The molecule has 0 aliphatic rings. The van der Waals surface area contributed by atoms with Crippen LogP contribution in [0.25, 0.3) is 17.2 Å². The van der Waals surface area contributed by atoms with Crippen molar-refractivity contribution in [3.05, 3.63) is 60.3 Å². The van der Waals surface area contributed by atoms with Crippen LogP contribution in [0.2, 0.25) is 0 Å². The van der Waals surface area contributed by atoms with E-state index in [0.717, 1.165) is 30.0 Å². The number of thioether (sulfide) groups is 1. The molecule has 3 heterocycles. The quantitative estimate of drug-likeness (QED) is 0.436. The monoisotopic (exact) mass is 460 g/mol. The van der Waals surface area contributed by atoms with Crippen molar-refractivity contribution in [2.24, 2.45) is 0 Å². The molecule has 0 saturated heterocycles. The predicted molar refractivity (Wildman–Crippen MR) is 111 cm³/mol. The van der Waals surface area contributed by atoms with Gasteiger partial charge in [-0.15, -0.1) is 10.2 Å². The van der Waals surface area contributed by atoms with E-state index in [2.05, 4.69) is 25.6 Å². The summed E-state index contributed by atoms with van der Waals surface area (Å²) in [6, 6.07) is 11.6. The van der Waals surface area contributed by atoms with E-state index in [4.69, 9.17) is 4.74 Å². The van der Waals surface area contributed by atoms with Crippen molar-refractivity contribution in [2.75, 3.05) is 18.2 Å². The summed E-state index contributed by atoms with van der Waals surface area (Å²) in [5.74, 6) is -0.0244. The van der Waals surface area contributed by atoms with Gasteiger partial charge in [0, 0.05) is 6.20 Å². The third-order valence-electron chi connectivity index (χ3n) is 4.28. The second kappa shape index (κ2) is 8.83. The van der Waals surface area contributed by atoms with Crippen LogP contribution in [0.3, 0.4) is 0 Å². The Morgan fingerprint density at radius 3 is 2.72 bits per heavy atom. The van der Waals surface area contributed by atoms with Crippen molar-refractivity contribution in [1.29, 1.82) is 0 Å². The van der Waals surface area contributed by atoms with E-state index in [1.54, 1.807) is 30.5 Å². The average molecular weight is 460 g/mol. The number of amides is 1. The van der Waals surface area contributed by atoms with Gasteiger partial charge in [0.2, 0.25) is 11.7 Å². The molecule has 0 fully saturated rings. The van der Waals surface area contributed by atoms with E-state index in [-0.39, 0.29) is 17.2 Å². The number of aromatic nitrogens is 5. The zero-order valence-corrected chi connectivity index (χ0v) is 17.3. The molecule has 0 radical (unpaired) electrons. The summed E-state index contributed by atoms with van der Waals surface area (Å²) in [7, 11) is 1.31. The number of carbonyl (C=O) groups is 1. The van der Waals surface area contributed by atoms with E-state index in [0.29, 0.717) is 22.2 Å². The molecule has 3 aromatic heterocycles. The average Bonchev–Trinajstić information content (AvgIpc) is 3.21. The number of ether oxygens (including phenoxy) is 1. The van der Waals surface area contributed by atoms with Crippen molar-refractivity contribution in [2.45, 2.75) is 11.2 Å². The summed E-state index contributed by atoms with van der Waals surface area (Å²) in [6.45, 7) is 0. The van der Waals surface area contributed by atoms with E-state index < -0.39 is 17.6 Å². The highest BCUT2D eigenvalue weighted by Crippen LogP contribution is 2.35. The molecule has 12 heteroatoms. The van der Waals surface area contributed by atoms with E-state index in [1.807, 2.05) is 6.07 Å². The van der Waals surface area contributed by atoms with Gasteiger partial charge in [-0.25, -0.2) is 0 Å². The normalized spacial score (nSPS) is 11.5. The molecule has 1 amide bonds. The fourth-order valence-corrected chi connectivity index (χ4v) is 3.47. The topological polar surface area (TPSA) is 94.3 Å². The van der Waals surface area contributed by atoms with Gasteiger partial charge in [-0.1, -0.05) is 17.8 Å². The van der Waals surface area contributed by atoms with Crippen LogP contribution in [-0.2, 0) is 11.0 Å². The lowest BCUT2D eigenvalue weighted by molar-refractivity contribution is -0.137. The van der Waals surface area contributed by atoms with E-state index >= 15 is 0 Å². The largest absolute Gasteiger partial charge is 0.495 e. The standard InChI is InChI=1S/C20H15F3N6O2S/c1-31-15-6-5-12(20(21,22)23)10-14(15)25-17(30)11-32-18-8-7-16-26-27-19(29(16)28-18)13-4-2-3-9-24-13/h2-10H,11H2,1H3,(H,25,30). The second-order valence-corrected chi connectivity index (χ2v) is 7.43. The third-order valence-corrected chi connectivity index (χ3v) is 5.20. The first-order chi connectivity index (χ1) is 15.3. The fourth-order valence-electron chi connectivity index (χ4n) is 2.81. The number of hydrogen-bond donors (Lipinski definition) is 1. The Labute approximate surface area is 183 Å². The fraction of sp³-hybridized carbons (Fsp3) is 0.150. The zero-order chi connectivity index (χ0) is 22.7. The summed E-state index contributed by atoms with van der Waals surface area (Å²) >= 11 is 1.11. The number of nitrogens with zero attached hydrogens (tertiary/aromatic N) is 5. The van der Waals surface area contributed by atoms with Gasteiger partial charge in [0.25, 0.3) is 0 Å². The molecule has 32 heavy (non-hydrogen) atoms. The lowest BCUT2D eigenvalue weighted by Gasteiger charge is -2.13. The number of carbonyl (C=O) groups excluding carboxylic acids is 1. The van der Waals surface area contributed by atoms with Crippen LogP contribution in [0.1, 0.15) is 5.56 Å². The van der Waals surface area contributed by atoms with Crippen LogP contribution in [0.4, 0.5) is 18.9 Å². The molecule has 0 saturated carbocycles. The number of pyridine rings is 1. The number of methoxy groups -OCH3 is 1. The van der Waals surface area contributed by atoms with Gasteiger partial charge in [-0.05, 0) is 42.5 Å². The van der Waals surface area contributed by atoms with Crippen LogP contribution >= 0.6 is 11.8 Å². The van der Waals surface area contributed by atoms with Crippen LogP contribution in [0.15, 0.2) is 59.8 Å². The van der Waals surface area contributed by atoms with E-state index in [1.165, 1.54) is 11.6 Å². The molecule has 1 N–H and O–H groups in total. The lowest BCUT2D eigenvalue weighted by Crippen LogP contribution is -2.16. The summed E-state index contributed by atoms with van der Waals surface area (Å²) in [6.07, 6.45) is -2.91. The molecule has 8 nitrogen and oxygen atoms in total. The summed E-state index contributed by atoms with van der Waals surface area (Å²) in [5, 5.41) is 15.5. The van der Waals surface area contributed by atoms with Crippen molar-refractivity contribution in [1.82, 2.24) is 24.8 Å².